The molecule has 4 heterocycles. The van der Waals surface area contributed by atoms with E-state index in [4.69, 9.17) is 4.74 Å². The SMILES string of the molecule is COC1CN(C(=O)[C@@]2(C)CN(C(C)C)C(=O)c3c(O)c(=O)c(-c4ncc(Cc5ccc(F)cc5)s4)cn32)C1. The van der Waals surface area contributed by atoms with E-state index in [0.29, 0.717) is 24.5 Å². The van der Waals surface area contributed by atoms with Gasteiger partial charge in [-0.05, 0) is 38.5 Å². The number of aromatic hydroxyl groups is 1. The first-order chi connectivity index (χ1) is 18.0. The quantitative estimate of drug-likeness (QED) is 0.516. The first kappa shape index (κ1) is 26.1. The summed E-state index contributed by atoms with van der Waals surface area (Å²) in [5.41, 5.74) is -1.21. The van der Waals surface area contributed by atoms with E-state index in [1.54, 1.807) is 37.3 Å². The lowest BCUT2D eigenvalue weighted by Crippen LogP contribution is -2.66. The molecule has 0 bridgehead atoms. The molecule has 2 aliphatic heterocycles. The van der Waals surface area contributed by atoms with Crippen molar-refractivity contribution in [3.8, 4) is 16.3 Å². The maximum Gasteiger partial charge on any atom is 0.274 e. The molecular weight excluding hydrogens is 511 g/mol. The minimum absolute atomic E-state index is 0.0544. The van der Waals surface area contributed by atoms with Gasteiger partial charge < -0.3 is 24.2 Å². The molecule has 2 aliphatic rings. The van der Waals surface area contributed by atoms with Crippen molar-refractivity contribution in [2.24, 2.45) is 0 Å². The topological polar surface area (TPSA) is 105 Å². The van der Waals surface area contributed by atoms with Gasteiger partial charge in [-0.25, -0.2) is 9.37 Å². The molecule has 3 aromatic rings. The number of pyridine rings is 1. The van der Waals surface area contributed by atoms with E-state index >= 15 is 0 Å². The summed E-state index contributed by atoms with van der Waals surface area (Å²) in [6, 6.07) is 5.87. The molecular formula is C27H29FN4O5S. The summed E-state index contributed by atoms with van der Waals surface area (Å²) in [5.74, 6) is -1.77. The van der Waals surface area contributed by atoms with Crippen LogP contribution in [0.1, 0.15) is 41.7 Å². The molecule has 9 nitrogen and oxygen atoms in total. The molecule has 0 spiro atoms. The number of ether oxygens (including phenoxy) is 1. The third-order valence-corrected chi connectivity index (χ3v) is 8.32. The van der Waals surface area contributed by atoms with E-state index in [2.05, 4.69) is 4.98 Å². The molecule has 1 aromatic carbocycles. The molecule has 2 amide bonds. The minimum Gasteiger partial charge on any atom is -0.503 e. The zero-order valence-corrected chi connectivity index (χ0v) is 22.4. The number of thiazole rings is 1. The number of nitrogens with zero attached hydrogens (tertiary/aromatic N) is 4. The van der Waals surface area contributed by atoms with E-state index < -0.39 is 22.6 Å². The van der Waals surface area contributed by atoms with Gasteiger partial charge in [0.15, 0.2) is 11.4 Å². The summed E-state index contributed by atoms with van der Waals surface area (Å²) in [4.78, 5) is 48.9. The van der Waals surface area contributed by atoms with Crippen molar-refractivity contribution in [2.75, 3.05) is 26.7 Å². The number of methoxy groups -OCH3 is 1. The average molecular weight is 541 g/mol. The first-order valence-electron chi connectivity index (χ1n) is 12.3. The van der Waals surface area contributed by atoms with E-state index in [9.17, 15) is 23.9 Å². The van der Waals surface area contributed by atoms with Gasteiger partial charge in [0.1, 0.15) is 16.4 Å². The molecule has 0 aliphatic carbocycles. The number of amides is 2. The number of fused-ring (bicyclic) bond motifs is 1. The lowest BCUT2D eigenvalue weighted by Gasteiger charge is -2.48. The van der Waals surface area contributed by atoms with Crippen LogP contribution in [0.5, 0.6) is 5.75 Å². The smallest absolute Gasteiger partial charge is 0.274 e. The third-order valence-electron chi connectivity index (χ3n) is 7.28. The van der Waals surface area contributed by atoms with Gasteiger partial charge in [0.25, 0.3) is 11.8 Å². The zero-order valence-electron chi connectivity index (χ0n) is 21.6. The van der Waals surface area contributed by atoms with Crippen molar-refractivity contribution in [3.63, 3.8) is 0 Å². The van der Waals surface area contributed by atoms with Crippen LogP contribution in [0.25, 0.3) is 10.6 Å². The van der Waals surface area contributed by atoms with Gasteiger partial charge in [0, 0.05) is 49.9 Å². The van der Waals surface area contributed by atoms with Crippen molar-refractivity contribution in [3.05, 3.63) is 68.8 Å². The second-order valence-corrected chi connectivity index (χ2v) is 11.4. The molecule has 5 rings (SSSR count). The Morgan fingerprint density at radius 3 is 2.58 bits per heavy atom. The van der Waals surface area contributed by atoms with E-state index in [-0.39, 0.29) is 41.7 Å². The lowest BCUT2D eigenvalue weighted by atomic mass is 9.91. The van der Waals surface area contributed by atoms with Crippen LogP contribution in [0.4, 0.5) is 4.39 Å². The summed E-state index contributed by atoms with van der Waals surface area (Å²) in [6.07, 6.45) is 3.54. The number of aromatic nitrogens is 2. The molecule has 11 heteroatoms. The summed E-state index contributed by atoms with van der Waals surface area (Å²) in [7, 11) is 1.59. The van der Waals surface area contributed by atoms with Crippen LogP contribution in [0, 0.1) is 5.82 Å². The Kier molecular flexibility index (Phi) is 6.60. The molecule has 2 aromatic heterocycles. The largest absolute Gasteiger partial charge is 0.503 e. The normalized spacial score (nSPS) is 19.6. The number of hydrogen-bond donors (Lipinski definition) is 1. The van der Waals surface area contributed by atoms with E-state index in [0.717, 1.165) is 10.4 Å². The summed E-state index contributed by atoms with van der Waals surface area (Å²) in [5, 5.41) is 11.4. The van der Waals surface area contributed by atoms with Crippen molar-refractivity contribution >= 4 is 23.2 Å². The fourth-order valence-corrected chi connectivity index (χ4v) is 5.92. The Balaban J connectivity index is 1.58. The maximum absolute atomic E-state index is 13.8. The standard InChI is InChI=1S/C27H29FN4O5S/c1-15(2)31-14-27(3,26(36)30-11-18(12-30)37-4)32-13-20(22(33)23(34)21(32)25(31)35)24-29-10-19(38-24)9-16-5-7-17(28)8-6-16/h5-8,10,13,15,18,34H,9,11-12,14H2,1-4H3/t27-/m1/s1. The van der Waals surface area contributed by atoms with Crippen molar-refractivity contribution in [1.82, 2.24) is 19.4 Å². The fraction of sp³-hybridized carbons (Fsp3) is 0.407. The fourth-order valence-electron chi connectivity index (χ4n) is 4.96. The molecule has 38 heavy (non-hydrogen) atoms. The Hall–Kier alpha value is -3.57. The van der Waals surface area contributed by atoms with Crippen LogP contribution >= 0.6 is 11.3 Å². The van der Waals surface area contributed by atoms with E-state index in [1.807, 2.05) is 13.8 Å². The second-order valence-electron chi connectivity index (χ2n) is 10.2. The number of halogens is 1. The summed E-state index contributed by atoms with van der Waals surface area (Å²) in [6.45, 7) is 6.30. The monoisotopic (exact) mass is 540 g/mol. The lowest BCUT2D eigenvalue weighted by molar-refractivity contribution is -0.153. The summed E-state index contributed by atoms with van der Waals surface area (Å²) < 4.78 is 20.0. The second kappa shape index (κ2) is 9.63. The van der Waals surface area contributed by atoms with Gasteiger partial charge in [0.05, 0.1) is 18.2 Å². The van der Waals surface area contributed by atoms with Crippen LogP contribution in [0.15, 0.2) is 41.5 Å². The Morgan fingerprint density at radius 2 is 1.95 bits per heavy atom. The van der Waals surface area contributed by atoms with Crippen LogP contribution in [-0.2, 0) is 21.5 Å². The maximum atomic E-state index is 13.8. The van der Waals surface area contributed by atoms with Gasteiger partial charge in [-0.3, -0.25) is 14.4 Å². The van der Waals surface area contributed by atoms with Crippen molar-refractivity contribution < 1.29 is 23.8 Å². The van der Waals surface area contributed by atoms with Crippen LogP contribution in [0.2, 0.25) is 0 Å². The molecule has 1 atom stereocenters. The molecule has 0 radical (unpaired) electrons. The first-order valence-corrected chi connectivity index (χ1v) is 13.2. The molecule has 1 N–H and O–H groups in total. The number of likely N-dealkylation sites (tertiary alicyclic amines) is 1. The molecule has 0 unspecified atom stereocenters. The van der Waals surface area contributed by atoms with Gasteiger partial charge >= 0.3 is 0 Å². The predicted molar refractivity (Wildman–Crippen MR) is 140 cm³/mol. The highest BCUT2D eigenvalue weighted by Crippen LogP contribution is 2.36. The van der Waals surface area contributed by atoms with Crippen LogP contribution in [-0.4, -0.2) is 75.2 Å². The van der Waals surface area contributed by atoms with Gasteiger partial charge in [-0.15, -0.1) is 11.3 Å². The average Bonchev–Trinajstić information content (AvgIpc) is 3.31. The highest BCUT2D eigenvalue weighted by Gasteiger charge is 2.50. The highest BCUT2D eigenvalue weighted by atomic mass is 32.1. The van der Waals surface area contributed by atoms with Crippen molar-refractivity contribution in [1.29, 1.82) is 0 Å². The number of hydrogen-bond acceptors (Lipinski definition) is 7. The molecule has 1 fully saturated rings. The molecule has 0 saturated carbocycles. The Morgan fingerprint density at radius 1 is 1.26 bits per heavy atom. The number of benzene rings is 1. The van der Waals surface area contributed by atoms with Gasteiger partial charge in [-0.2, -0.15) is 0 Å². The number of carbonyl (C=O) groups is 2. The zero-order chi connectivity index (χ0) is 27.4. The number of carbonyl (C=O) groups excluding carboxylic acids is 2. The molecule has 200 valence electrons. The van der Waals surface area contributed by atoms with Crippen molar-refractivity contribution in [2.45, 2.75) is 44.9 Å². The Bertz CT molecular complexity index is 1460. The van der Waals surface area contributed by atoms with Crippen LogP contribution < -0.4 is 5.43 Å². The minimum atomic E-state index is -1.26. The number of rotatable bonds is 6. The predicted octanol–water partition coefficient (Wildman–Crippen LogP) is 2.84. The summed E-state index contributed by atoms with van der Waals surface area (Å²) >= 11 is 1.26. The Labute approximate surface area is 223 Å². The van der Waals surface area contributed by atoms with Crippen LogP contribution in [0.3, 0.4) is 0 Å². The van der Waals surface area contributed by atoms with Gasteiger partial charge in [-0.1, -0.05) is 12.1 Å². The molecule has 1 saturated heterocycles. The third kappa shape index (κ3) is 4.29. The van der Waals surface area contributed by atoms with Gasteiger partial charge in [0.2, 0.25) is 5.43 Å². The van der Waals surface area contributed by atoms with E-state index in [1.165, 1.54) is 39.1 Å². The highest BCUT2D eigenvalue weighted by molar-refractivity contribution is 7.15.